The van der Waals surface area contributed by atoms with Gasteiger partial charge in [-0.3, -0.25) is 9.97 Å². The molecule has 2 aromatic carbocycles. The minimum atomic E-state index is 0.829. The molecule has 0 aliphatic heterocycles. The zero-order valence-corrected chi connectivity index (χ0v) is 13.8. The summed E-state index contributed by atoms with van der Waals surface area (Å²) in [4.78, 5) is 9.01. The Balaban J connectivity index is 1.55. The minimum absolute atomic E-state index is 0.829. The predicted molar refractivity (Wildman–Crippen MR) is 102 cm³/mol. The van der Waals surface area contributed by atoms with Crippen molar-refractivity contribution in [2.24, 2.45) is 0 Å². The second-order valence-corrected chi connectivity index (χ2v) is 6.04. The maximum absolute atomic E-state index is 4.61. The van der Waals surface area contributed by atoms with Crippen molar-refractivity contribution in [1.82, 2.24) is 9.97 Å². The van der Waals surface area contributed by atoms with Crippen LogP contribution in [-0.2, 0) is 6.42 Å². The third-order valence-corrected chi connectivity index (χ3v) is 4.20. The molecular formula is C23H18N2. The molecule has 0 amide bonds. The van der Waals surface area contributed by atoms with Gasteiger partial charge in [-0.15, -0.1) is 0 Å². The van der Waals surface area contributed by atoms with Gasteiger partial charge in [0.15, 0.2) is 0 Å². The fraction of sp³-hybridized carbons (Fsp3) is 0.0435. The molecule has 120 valence electrons. The number of aromatic nitrogens is 2. The normalized spacial score (nSPS) is 10.6. The number of nitrogens with zero attached hydrogens (tertiary/aromatic N) is 2. The van der Waals surface area contributed by atoms with Crippen LogP contribution in [0.2, 0.25) is 0 Å². The summed E-state index contributed by atoms with van der Waals surface area (Å²) in [5.74, 6) is 0. The van der Waals surface area contributed by atoms with E-state index in [0.717, 1.165) is 23.2 Å². The summed E-state index contributed by atoms with van der Waals surface area (Å²) in [6.45, 7) is 0. The molecule has 0 unspecified atom stereocenters. The molecule has 0 aliphatic carbocycles. The smallest absolute Gasteiger partial charge is 0.0702 e. The molecule has 4 rings (SSSR count). The van der Waals surface area contributed by atoms with E-state index >= 15 is 0 Å². The van der Waals surface area contributed by atoms with Crippen LogP contribution in [-0.4, -0.2) is 9.97 Å². The molecule has 2 aromatic heterocycles. The minimum Gasteiger partial charge on any atom is -0.264 e. The summed E-state index contributed by atoms with van der Waals surface area (Å²) in [7, 11) is 0. The van der Waals surface area contributed by atoms with E-state index in [4.69, 9.17) is 0 Å². The highest BCUT2D eigenvalue weighted by molar-refractivity contribution is 5.63. The van der Waals surface area contributed by atoms with Crippen LogP contribution >= 0.6 is 0 Å². The SMILES string of the molecule is c1ccc(-c2cncc(Cc3ccc(-c4ccccc4)nc3)c2)cc1. The molecule has 2 heteroatoms. The molecule has 0 bridgehead atoms. The summed E-state index contributed by atoms with van der Waals surface area (Å²) < 4.78 is 0. The molecule has 0 atom stereocenters. The van der Waals surface area contributed by atoms with E-state index in [-0.39, 0.29) is 0 Å². The van der Waals surface area contributed by atoms with E-state index in [2.05, 4.69) is 52.4 Å². The molecule has 2 heterocycles. The molecule has 0 radical (unpaired) electrons. The average Bonchev–Trinajstić information content (AvgIpc) is 2.70. The quantitative estimate of drug-likeness (QED) is 0.502. The Kier molecular flexibility index (Phi) is 4.34. The molecule has 0 aliphatic rings. The second kappa shape index (κ2) is 7.10. The van der Waals surface area contributed by atoms with E-state index in [0.29, 0.717) is 0 Å². The van der Waals surface area contributed by atoms with Crippen LogP contribution in [0, 0.1) is 0 Å². The highest BCUT2D eigenvalue weighted by atomic mass is 14.7. The van der Waals surface area contributed by atoms with Gasteiger partial charge in [0.25, 0.3) is 0 Å². The van der Waals surface area contributed by atoms with Crippen molar-refractivity contribution in [3.8, 4) is 22.4 Å². The first kappa shape index (κ1) is 15.3. The van der Waals surface area contributed by atoms with Gasteiger partial charge in [-0.2, -0.15) is 0 Å². The van der Waals surface area contributed by atoms with Gasteiger partial charge >= 0.3 is 0 Å². The van der Waals surface area contributed by atoms with Crippen molar-refractivity contribution in [3.63, 3.8) is 0 Å². The Labute approximate surface area is 147 Å². The van der Waals surface area contributed by atoms with Gasteiger partial charge in [-0.1, -0.05) is 66.7 Å². The summed E-state index contributed by atoms with van der Waals surface area (Å²) >= 11 is 0. The summed E-state index contributed by atoms with van der Waals surface area (Å²) in [5, 5.41) is 0. The van der Waals surface area contributed by atoms with Gasteiger partial charge in [0.1, 0.15) is 0 Å². The van der Waals surface area contributed by atoms with Crippen molar-refractivity contribution in [1.29, 1.82) is 0 Å². The Morgan fingerprint density at radius 2 is 1.28 bits per heavy atom. The molecule has 4 aromatic rings. The fourth-order valence-electron chi connectivity index (χ4n) is 2.92. The summed E-state index contributed by atoms with van der Waals surface area (Å²) in [6, 6.07) is 27.0. The number of hydrogen-bond donors (Lipinski definition) is 0. The zero-order valence-electron chi connectivity index (χ0n) is 13.8. The average molecular weight is 322 g/mol. The number of hydrogen-bond acceptors (Lipinski definition) is 2. The fourth-order valence-corrected chi connectivity index (χ4v) is 2.92. The van der Waals surface area contributed by atoms with Crippen molar-refractivity contribution in [2.45, 2.75) is 6.42 Å². The molecule has 25 heavy (non-hydrogen) atoms. The lowest BCUT2D eigenvalue weighted by Crippen LogP contribution is -1.92. The first-order chi connectivity index (χ1) is 12.4. The molecule has 0 saturated heterocycles. The van der Waals surface area contributed by atoms with Crippen LogP contribution in [0.25, 0.3) is 22.4 Å². The number of benzene rings is 2. The van der Waals surface area contributed by atoms with E-state index in [1.54, 1.807) is 0 Å². The van der Waals surface area contributed by atoms with E-state index in [9.17, 15) is 0 Å². The van der Waals surface area contributed by atoms with E-state index in [1.807, 2.05) is 55.0 Å². The Hall–Kier alpha value is -3.26. The highest BCUT2D eigenvalue weighted by Crippen LogP contribution is 2.21. The van der Waals surface area contributed by atoms with Gasteiger partial charge in [0.05, 0.1) is 5.69 Å². The standard InChI is InChI=1S/C23H18N2/c1-3-7-20(8-4-1)22-14-19(15-24-17-22)13-18-11-12-23(25-16-18)21-9-5-2-6-10-21/h1-12,14-17H,13H2. The van der Waals surface area contributed by atoms with Gasteiger partial charge in [-0.25, -0.2) is 0 Å². The van der Waals surface area contributed by atoms with Crippen molar-refractivity contribution in [2.75, 3.05) is 0 Å². The largest absolute Gasteiger partial charge is 0.264 e. The monoisotopic (exact) mass is 322 g/mol. The third kappa shape index (κ3) is 3.64. The summed E-state index contributed by atoms with van der Waals surface area (Å²) in [5.41, 5.74) is 6.85. The van der Waals surface area contributed by atoms with Crippen molar-refractivity contribution < 1.29 is 0 Å². The lowest BCUT2D eigenvalue weighted by Gasteiger charge is -2.06. The van der Waals surface area contributed by atoms with Crippen LogP contribution in [0.1, 0.15) is 11.1 Å². The predicted octanol–water partition coefficient (Wildman–Crippen LogP) is 5.40. The molecule has 0 spiro atoms. The van der Waals surface area contributed by atoms with Crippen LogP contribution in [0.3, 0.4) is 0 Å². The first-order valence-corrected chi connectivity index (χ1v) is 8.38. The van der Waals surface area contributed by atoms with Gasteiger partial charge in [0.2, 0.25) is 0 Å². The maximum Gasteiger partial charge on any atom is 0.0702 e. The lowest BCUT2D eigenvalue weighted by atomic mass is 10.0. The number of pyridine rings is 2. The molecule has 0 saturated carbocycles. The molecule has 0 fully saturated rings. The second-order valence-electron chi connectivity index (χ2n) is 6.04. The zero-order chi connectivity index (χ0) is 16.9. The van der Waals surface area contributed by atoms with Crippen LogP contribution < -0.4 is 0 Å². The Bertz CT molecular complexity index is 946. The van der Waals surface area contributed by atoms with E-state index < -0.39 is 0 Å². The van der Waals surface area contributed by atoms with Crippen molar-refractivity contribution >= 4 is 0 Å². The Morgan fingerprint density at radius 1 is 0.560 bits per heavy atom. The lowest BCUT2D eigenvalue weighted by molar-refractivity contribution is 1.12. The topological polar surface area (TPSA) is 25.8 Å². The highest BCUT2D eigenvalue weighted by Gasteiger charge is 2.03. The molecular weight excluding hydrogens is 304 g/mol. The van der Waals surface area contributed by atoms with Gasteiger partial charge in [-0.05, 0) is 28.8 Å². The van der Waals surface area contributed by atoms with Crippen LogP contribution in [0.5, 0.6) is 0 Å². The summed E-state index contributed by atoms with van der Waals surface area (Å²) in [6.07, 6.45) is 6.63. The maximum atomic E-state index is 4.61. The molecule has 0 N–H and O–H groups in total. The Morgan fingerprint density at radius 3 is 1.96 bits per heavy atom. The van der Waals surface area contributed by atoms with E-state index in [1.165, 1.54) is 16.7 Å². The van der Waals surface area contributed by atoms with Crippen molar-refractivity contribution in [3.05, 3.63) is 109 Å². The number of rotatable bonds is 4. The van der Waals surface area contributed by atoms with Gasteiger partial charge < -0.3 is 0 Å². The van der Waals surface area contributed by atoms with Gasteiger partial charge in [0, 0.05) is 36.1 Å². The van der Waals surface area contributed by atoms with Crippen LogP contribution in [0.15, 0.2) is 97.5 Å². The third-order valence-electron chi connectivity index (χ3n) is 4.20. The first-order valence-electron chi connectivity index (χ1n) is 8.38. The molecule has 2 nitrogen and oxygen atoms in total. The van der Waals surface area contributed by atoms with Crippen LogP contribution in [0.4, 0.5) is 0 Å².